The summed E-state index contributed by atoms with van der Waals surface area (Å²) in [5.41, 5.74) is 8.68. The molecule has 1 aliphatic rings. The molecule has 6 heteroatoms. The van der Waals surface area contributed by atoms with E-state index in [1.54, 1.807) is 42.5 Å². The Bertz CT molecular complexity index is 1090. The van der Waals surface area contributed by atoms with Crippen molar-refractivity contribution < 1.29 is 19.1 Å². The SMILES string of the molecule is NC(=O)c1cccc(-c2cc3c(cc2OCc2ccc(Cl)cc2)OCCC3=O)c1. The first-order valence-electron chi connectivity index (χ1n) is 9.13. The highest BCUT2D eigenvalue weighted by molar-refractivity contribution is 6.30. The van der Waals surface area contributed by atoms with Gasteiger partial charge in [0.1, 0.15) is 18.1 Å². The van der Waals surface area contributed by atoms with Gasteiger partial charge in [0.25, 0.3) is 0 Å². The van der Waals surface area contributed by atoms with Gasteiger partial charge in [-0.3, -0.25) is 9.59 Å². The summed E-state index contributed by atoms with van der Waals surface area (Å²) >= 11 is 5.94. The lowest BCUT2D eigenvalue weighted by Crippen LogP contribution is -2.15. The molecule has 0 fully saturated rings. The molecular weight excluding hydrogens is 390 g/mol. The standard InChI is InChI=1S/C23H18ClNO4/c24-17-6-4-14(5-7-17)13-29-21-12-22-19(20(26)8-9-28-22)11-18(21)15-2-1-3-16(10-15)23(25)27/h1-7,10-12H,8-9,13H2,(H2,25,27). The highest BCUT2D eigenvalue weighted by Gasteiger charge is 2.22. The number of rotatable bonds is 5. The van der Waals surface area contributed by atoms with Crippen molar-refractivity contribution in [2.24, 2.45) is 5.73 Å². The van der Waals surface area contributed by atoms with Gasteiger partial charge in [-0.15, -0.1) is 0 Å². The van der Waals surface area contributed by atoms with Crippen LogP contribution in [0.15, 0.2) is 60.7 Å². The lowest BCUT2D eigenvalue weighted by atomic mass is 9.96. The lowest BCUT2D eigenvalue weighted by molar-refractivity contribution is 0.0932. The van der Waals surface area contributed by atoms with Crippen molar-refractivity contribution in [3.8, 4) is 22.6 Å². The number of amides is 1. The summed E-state index contributed by atoms with van der Waals surface area (Å²) < 4.78 is 11.7. The van der Waals surface area contributed by atoms with Gasteiger partial charge in [0.05, 0.1) is 12.2 Å². The molecule has 1 aliphatic heterocycles. The number of carbonyl (C=O) groups is 2. The van der Waals surface area contributed by atoms with Crippen molar-refractivity contribution in [3.63, 3.8) is 0 Å². The summed E-state index contributed by atoms with van der Waals surface area (Å²) in [5.74, 6) is 0.549. The van der Waals surface area contributed by atoms with E-state index in [-0.39, 0.29) is 5.78 Å². The molecule has 0 radical (unpaired) electrons. The highest BCUT2D eigenvalue weighted by Crippen LogP contribution is 2.39. The van der Waals surface area contributed by atoms with Gasteiger partial charge in [-0.1, -0.05) is 35.9 Å². The van der Waals surface area contributed by atoms with E-state index < -0.39 is 5.91 Å². The van der Waals surface area contributed by atoms with Gasteiger partial charge in [0, 0.05) is 28.6 Å². The molecule has 3 aromatic carbocycles. The van der Waals surface area contributed by atoms with E-state index in [4.69, 9.17) is 26.8 Å². The molecule has 3 aromatic rings. The summed E-state index contributed by atoms with van der Waals surface area (Å²) in [4.78, 5) is 24.0. The fraction of sp³-hybridized carbons (Fsp3) is 0.130. The van der Waals surface area contributed by atoms with Gasteiger partial charge >= 0.3 is 0 Å². The van der Waals surface area contributed by atoms with Gasteiger partial charge in [-0.25, -0.2) is 0 Å². The predicted octanol–water partition coefficient (Wildman–Crippen LogP) is 4.65. The van der Waals surface area contributed by atoms with Crippen molar-refractivity contribution in [1.29, 1.82) is 0 Å². The third kappa shape index (κ3) is 4.10. The Balaban J connectivity index is 1.76. The number of benzene rings is 3. The van der Waals surface area contributed by atoms with Crippen LogP contribution in [0.25, 0.3) is 11.1 Å². The Kier molecular flexibility index (Phi) is 5.23. The summed E-state index contributed by atoms with van der Waals surface area (Å²) in [7, 11) is 0. The summed E-state index contributed by atoms with van der Waals surface area (Å²) in [6.45, 7) is 0.658. The zero-order valence-corrected chi connectivity index (χ0v) is 16.2. The Morgan fingerprint density at radius 3 is 2.62 bits per heavy atom. The first kappa shape index (κ1) is 19.0. The van der Waals surface area contributed by atoms with Crippen LogP contribution in [0.5, 0.6) is 11.5 Å². The molecule has 0 atom stereocenters. The highest BCUT2D eigenvalue weighted by atomic mass is 35.5. The third-order valence-corrected chi connectivity index (χ3v) is 4.99. The quantitative estimate of drug-likeness (QED) is 0.667. The van der Waals surface area contributed by atoms with Gasteiger partial charge in [-0.05, 0) is 41.5 Å². The van der Waals surface area contributed by atoms with E-state index in [1.807, 2.05) is 18.2 Å². The Morgan fingerprint density at radius 1 is 1.07 bits per heavy atom. The maximum absolute atomic E-state index is 12.4. The molecule has 0 aliphatic carbocycles. The molecule has 0 saturated heterocycles. The van der Waals surface area contributed by atoms with Crippen LogP contribution in [0.3, 0.4) is 0 Å². The number of Topliss-reactive ketones (excluding diaryl/α,β-unsaturated/α-hetero) is 1. The Hall–Kier alpha value is -3.31. The zero-order chi connectivity index (χ0) is 20.4. The van der Waals surface area contributed by atoms with Crippen LogP contribution in [-0.2, 0) is 6.61 Å². The topological polar surface area (TPSA) is 78.6 Å². The molecule has 4 rings (SSSR count). The molecule has 146 valence electrons. The maximum atomic E-state index is 12.4. The first-order valence-corrected chi connectivity index (χ1v) is 9.50. The van der Waals surface area contributed by atoms with Crippen LogP contribution in [0.4, 0.5) is 0 Å². The molecule has 0 aromatic heterocycles. The van der Waals surface area contributed by atoms with Crippen LogP contribution in [-0.4, -0.2) is 18.3 Å². The van der Waals surface area contributed by atoms with Gasteiger partial charge in [0.15, 0.2) is 5.78 Å². The molecular formula is C23H18ClNO4. The van der Waals surface area contributed by atoms with Crippen molar-refractivity contribution in [3.05, 3.63) is 82.4 Å². The molecule has 0 bridgehead atoms. The average molecular weight is 408 g/mol. The lowest BCUT2D eigenvalue weighted by Gasteiger charge is -2.20. The second kappa shape index (κ2) is 7.97. The third-order valence-electron chi connectivity index (χ3n) is 4.73. The number of hydrogen-bond acceptors (Lipinski definition) is 4. The van der Waals surface area contributed by atoms with Crippen LogP contribution in [0.2, 0.25) is 5.02 Å². The van der Waals surface area contributed by atoms with Gasteiger partial charge in [0.2, 0.25) is 5.91 Å². The van der Waals surface area contributed by atoms with Crippen molar-refractivity contribution in [2.75, 3.05) is 6.61 Å². The average Bonchev–Trinajstić information content (AvgIpc) is 2.73. The number of nitrogens with two attached hydrogens (primary N) is 1. The van der Waals surface area contributed by atoms with Crippen LogP contribution in [0, 0.1) is 0 Å². The summed E-state index contributed by atoms with van der Waals surface area (Å²) in [6.07, 6.45) is 0.332. The maximum Gasteiger partial charge on any atom is 0.248 e. The van der Waals surface area contributed by atoms with Gasteiger partial charge in [-0.2, -0.15) is 0 Å². The molecule has 0 saturated carbocycles. The fourth-order valence-electron chi connectivity index (χ4n) is 3.21. The number of hydrogen-bond donors (Lipinski definition) is 1. The Labute approximate surface area is 173 Å². The van der Waals surface area contributed by atoms with Crippen LogP contribution in [0.1, 0.15) is 32.7 Å². The minimum Gasteiger partial charge on any atom is -0.492 e. The first-order chi connectivity index (χ1) is 14.0. The van der Waals surface area contributed by atoms with Crippen LogP contribution < -0.4 is 15.2 Å². The molecule has 29 heavy (non-hydrogen) atoms. The van der Waals surface area contributed by atoms with E-state index >= 15 is 0 Å². The molecule has 0 spiro atoms. The summed E-state index contributed by atoms with van der Waals surface area (Å²) in [6, 6.07) is 17.8. The van der Waals surface area contributed by atoms with Crippen molar-refractivity contribution in [2.45, 2.75) is 13.0 Å². The van der Waals surface area contributed by atoms with E-state index in [1.165, 1.54) is 0 Å². The number of primary amides is 1. The van der Waals surface area contributed by atoms with Gasteiger partial charge < -0.3 is 15.2 Å². The van der Waals surface area contributed by atoms with Crippen molar-refractivity contribution >= 4 is 23.3 Å². The largest absolute Gasteiger partial charge is 0.492 e. The molecule has 0 unspecified atom stereocenters. The minimum atomic E-state index is -0.521. The fourth-order valence-corrected chi connectivity index (χ4v) is 3.34. The second-order valence-corrected chi connectivity index (χ2v) is 7.16. The molecule has 1 amide bonds. The number of halogens is 1. The minimum absolute atomic E-state index is 0.0165. The monoisotopic (exact) mass is 407 g/mol. The van der Waals surface area contributed by atoms with E-state index in [9.17, 15) is 9.59 Å². The normalized spacial score (nSPS) is 12.8. The van der Waals surface area contributed by atoms with E-state index in [0.29, 0.717) is 52.8 Å². The molecule has 1 heterocycles. The number of ketones is 1. The predicted molar refractivity (Wildman–Crippen MR) is 111 cm³/mol. The van der Waals surface area contributed by atoms with Crippen molar-refractivity contribution in [1.82, 2.24) is 0 Å². The number of fused-ring (bicyclic) bond motifs is 1. The zero-order valence-electron chi connectivity index (χ0n) is 15.5. The van der Waals surface area contributed by atoms with E-state index in [2.05, 4.69) is 0 Å². The Morgan fingerprint density at radius 2 is 1.86 bits per heavy atom. The molecule has 5 nitrogen and oxygen atoms in total. The summed E-state index contributed by atoms with van der Waals surface area (Å²) in [5, 5.41) is 0.651. The second-order valence-electron chi connectivity index (χ2n) is 6.73. The smallest absolute Gasteiger partial charge is 0.248 e. The number of ether oxygens (including phenoxy) is 2. The van der Waals surface area contributed by atoms with Crippen LogP contribution >= 0.6 is 11.6 Å². The van der Waals surface area contributed by atoms with E-state index in [0.717, 1.165) is 11.1 Å². The molecule has 2 N–H and O–H groups in total. The number of carbonyl (C=O) groups excluding carboxylic acids is 2.